The number of hydrogen-bond donors (Lipinski definition) is 0. The normalized spacial score (nSPS) is 14.5. The highest BCUT2D eigenvalue weighted by Gasteiger charge is 2.54. The van der Waals surface area contributed by atoms with E-state index in [4.69, 9.17) is 14.2 Å². The summed E-state index contributed by atoms with van der Waals surface area (Å²) in [5.41, 5.74) is 2.78. The van der Waals surface area contributed by atoms with E-state index in [0.717, 1.165) is 11.4 Å². The van der Waals surface area contributed by atoms with Crippen LogP contribution in [0.4, 0.5) is 11.4 Å². The quantitative estimate of drug-likeness (QED) is 0.518. The monoisotopic (exact) mass is 473 g/mol. The van der Waals surface area contributed by atoms with E-state index in [1.807, 2.05) is 74.4 Å². The Kier molecular flexibility index (Phi) is 5.20. The summed E-state index contributed by atoms with van der Waals surface area (Å²) in [6.45, 7) is 3.56. The molecule has 2 aromatic carbocycles. The summed E-state index contributed by atoms with van der Waals surface area (Å²) in [6, 6.07) is 13.2. The van der Waals surface area contributed by atoms with Crippen LogP contribution in [0.1, 0.15) is 51.4 Å². The van der Waals surface area contributed by atoms with Crippen LogP contribution in [0, 0.1) is 0 Å². The van der Waals surface area contributed by atoms with Crippen molar-refractivity contribution in [3.63, 3.8) is 0 Å². The highest BCUT2D eigenvalue weighted by molar-refractivity contribution is 5.97. The Morgan fingerprint density at radius 1 is 0.914 bits per heavy atom. The number of ether oxygens (including phenoxy) is 3. The van der Waals surface area contributed by atoms with E-state index in [1.165, 1.54) is 6.20 Å². The molecule has 0 atom stereocenters. The minimum atomic E-state index is -1.31. The van der Waals surface area contributed by atoms with Gasteiger partial charge in [-0.15, -0.1) is 0 Å². The molecule has 2 aliphatic rings. The maximum Gasteiger partial charge on any atom is 0.358 e. The van der Waals surface area contributed by atoms with Crippen molar-refractivity contribution in [2.24, 2.45) is 0 Å². The van der Waals surface area contributed by atoms with Gasteiger partial charge in [0.1, 0.15) is 11.5 Å². The lowest BCUT2D eigenvalue weighted by Gasteiger charge is -2.37. The van der Waals surface area contributed by atoms with Crippen LogP contribution >= 0.6 is 0 Å². The van der Waals surface area contributed by atoms with Crippen molar-refractivity contribution in [2.45, 2.75) is 25.6 Å². The average Bonchev–Trinajstić information content (AvgIpc) is 3.10. The van der Waals surface area contributed by atoms with Gasteiger partial charge in [-0.05, 0) is 44.2 Å². The van der Waals surface area contributed by atoms with Gasteiger partial charge < -0.3 is 24.0 Å². The van der Waals surface area contributed by atoms with E-state index in [9.17, 15) is 9.59 Å². The standard InChI is InChI=1S/C27H27N3O5/c1-15(2)33-25(31)16-11-21-24(28-14-16)26(32)35-27(21)19-9-7-17(29(3)4)12-22(19)34-23-13-18(30(5)6)8-10-20(23)27/h7-15H,1-6H3. The Balaban J connectivity index is 1.79. The number of carbonyl (C=O) groups is 2. The van der Waals surface area contributed by atoms with E-state index in [0.29, 0.717) is 28.2 Å². The van der Waals surface area contributed by atoms with E-state index >= 15 is 0 Å². The Morgan fingerprint density at radius 3 is 2.00 bits per heavy atom. The van der Waals surface area contributed by atoms with Crippen LogP contribution in [-0.2, 0) is 15.1 Å². The van der Waals surface area contributed by atoms with Crippen molar-refractivity contribution < 1.29 is 23.8 Å². The van der Waals surface area contributed by atoms with Gasteiger partial charge in [-0.2, -0.15) is 0 Å². The van der Waals surface area contributed by atoms with E-state index in [1.54, 1.807) is 19.9 Å². The first-order valence-electron chi connectivity index (χ1n) is 11.4. The molecule has 0 amide bonds. The number of hydrogen-bond acceptors (Lipinski definition) is 8. The van der Waals surface area contributed by atoms with Crippen LogP contribution in [0.3, 0.4) is 0 Å². The Bertz CT molecular complexity index is 1310. The third-order valence-electron chi connectivity index (χ3n) is 6.23. The second-order valence-electron chi connectivity index (χ2n) is 9.40. The molecule has 8 nitrogen and oxygen atoms in total. The third-order valence-corrected chi connectivity index (χ3v) is 6.23. The minimum Gasteiger partial charge on any atom is -0.459 e. The number of pyridine rings is 1. The molecular weight excluding hydrogens is 446 g/mol. The van der Waals surface area contributed by atoms with Crippen LogP contribution in [0.15, 0.2) is 48.7 Å². The lowest BCUT2D eigenvalue weighted by Crippen LogP contribution is -2.33. The smallest absolute Gasteiger partial charge is 0.358 e. The molecule has 2 aliphatic heterocycles. The highest BCUT2D eigenvalue weighted by Crippen LogP contribution is 2.56. The second-order valence-corrected chi connectivity index (χ2v) is 9.40. The molecule has 0 fully saturated rings. The van der Waals surface area contributed by atoms with E-state index in [-0.39, 0.29) is 17.4 Å². The number of fused-ring (bicyclic) bond motifs is 6. The van der Waals surface area contributed by atoms with Gasteiger partial charge in [-0.25, -0.2) is 14.6 Å². The Labute approximate surface area is 204 Å². The molecule has 0 N–H and O–H groups in total. The van der Waals surface area contributed by atoms with Crippen molar-refractivity contribution >= 4 is 23.3 Å². The number of anilines is 2. The summed E-state index contributed by atoms with van der Waals surface area (Å²) >= 11 is 0. The lowest BCUT2D eigenvalue weighted by atomic mass is 9.78. The summed E-state index contributed by atoms with van der Waals surface area (Å²) in [6.07, 6.45) is 1.07. The maximum absolute atomic E-state index is 13.1. The van der Waals surface area contributed by atoms with Crippen LogP contribution in [0.2, 0.25) is 0 Å². The maximum atomic E-state index is 13.1. The van der Waals surface area contributed by atoms with Gasteiger partial charge in [-0.1, -0.05) is 0 Å². The fourth-order valence-electron chi connectivity index (χ4n) is 4.52. The average molecular weight is 474 g/mol. The van der Waals surface area contributed by atoms with Crippen LogP contribution < -0.4 is 14.5 Å². The predicted molar refractivity (Wildman–Crippen MR) is 132 cm³/mol. The fourth-order valence-corrected chi connectivity index (χ4v) is 4.52. The molecule has 5 rings (SSSR count). The fraction of sp³-hybridized carbons (Fsp3) is 0.296. The molecule has 0 bridgehead atoms. The second kappa shape index (κ2) is 8.01. The molecule has 3 heterocycles. The summed E-state index contributed by atoms with van der Waals surface area (Å²) in [5, 5.41) is 0. The zero-order valence-corrected chi connectivity index (χ0v) is 20.6. The van der Waals surface area contributed by atoms with Crippen molar-refractivity contribution in [3.8, 4) is 11.5 Å². The number of benzene rings is 2. The van der Waals surface area contributed by atoms with Crippen LogP contribution in [0.5, 0.6) is 11.5 Å². The van der Waals surface area contributed by atoms with Crippen molar-refractivity contribution in [2.75, 3.05) is 38.0 Å². The topological polar surface area (TPSA) is 81.2 Å². The first kappa shape index (κ1) is 22.7. The molecule has 0 saturated heterocycles. The number of rotatable bonds is 4. The van der Waals surface area contributed by atoms with Crippen LogP contribution in [0.25, 0.3) is 0 Å². The SMILES string of the molecule is CC(C)OC(=O)c1cnc2c(c1)C1(OC2=O)c2ccc(N(C)C)cc2Oc2cc(N(C)C)ccc21. The third kappa shape index (κ3) is 3.48. The van der Waals surface area contributed by atoms with Gasteiger partial charge in [-0.3, -0.25) is 0 Å². The van der Waals surface area contributed by atoms with Gasteiger partial charge in [0.15, 0.2) is 11.3 Å². The summed E-state index contributed by atoms with van der Waals surface area (Å²) in [5.74, 6) is 0.0602. The highest BCUT2D eigenvalue weighted by atomic mass is 16.6. The molecule has 3 aromatic rings. The number of esters is 2. The Hall–Kier alpha value is -4.07. The molecule has 1 aromatic heterocycles. The summed E-state index contributed by atoms with van der Waals surface area (Å²) in [4.78, 5) is 34.1. The number of aromatic nitrogens is 1. The molecule has 8 heteroatoms. The largest absolute Gasteiger partial charge is 0.459 e. The van der Waals surface area contributed by atoms with Gasteiger partial charge >= 0.3 is 11.9 Å². The zero-order chi connectivity index (χ0) is 25.1. The zero-order valence-electron chi connectivity index (χ0n) is 20.6. The summed E-state index contributed by atoms with van der Waals surface area (Å²) in [7, 11) is 7.78. The molecule has 180 valence electrons. The molecule has 0 unspecified atom stereocenters. The molecule has 1 spiro atoms. The molecule has 0 radical (unpaired) electrons. The van der Waals surface area contributed by atoms with E-state index < -0.39 is 17.5 Å². The van der Waals surface area contributed by atoms with Crippen molar-refractivity contribution in [1.82, 2.24) is 4.98 Å². The van der Waals surface area contributed by atoms with Gasteiger partial charge in [0, 0.05) is 74.6 Å². The first-order chi connectivity index (χ1) is 16.6. The van der Waals surface area contributed by atoms with Gasteiger partial charge in [0.25, 0.3) is 0 Å². The van der Waals surface area contributed by atoms with Crippen LogP contribution in [-0.4, -0.2) is 51.2 Å². The van der Waals surface area contributed by atoms with Gasteiger partial charge in [0.2, 0.25) is 0 Å². The molecular formula is C27H27N3O5. The van der Waals surface area contributed by atoms with Crippen molar-refractivity contribution in [1.29, 1.82) is 0 Å². The van der Waals surface area contributed by atoms with Gasteiger partial charge in [0.05, 0.1) is 11.7 Å². The number of nitrogens with zero attached hydrogens (tertiary/aromatic N) is 3. The first-order valence-corrected chi connectivity index (χ1v) is 11.4. The molecule has 0 saturated carbocycles. The predicted octanol–water partition coefficient (Wildman–Crippen LogP) is 4.35. The van der Waals surface area contributed by atoms with Crippen molar-refractivity contribution in [3.05, 3.63) is 76.6 Å². The summed E-state index contributed by atoms with van der Waals surface area (Å²) < 4.78 is 17.9. The Morgan fingerprint density at radius 2 is 1.49 bits per heavy atom. The minimum absolute atomic E-state index is 0.165. The molecule has 35 heavy (non-hydrogen) atoms. The molecule has 0 aliphatic carbocycles. The number of carbonyl (C=O) groups excluding carboxylic acids is 2. The van der Waals surface area contributed by atoms with E-state index in [2.05, 4.69) is 4.98 Å². The lowest BCUT2D eigenvalue weighted by molar-refractivity contribution is 0.0222.